The van der Waals surface area contributed by atoms with Gasteiger partial charge in [-0.3, -0.25) is 4.79 Å². The van der Waals surface area contributed by atoms with Crippen LogP contribution in [0.3, 0.4) is 0 Å². The minimum absolute atomic E-state index is 0.198. The Balaban J connectivity index is 1.46. The Morgan fingerprint density at radius 3 is 2.49 bits per heavy atom. The van der Waals surface area contributed by atoms with Crippen LogP contribution < -0.4 is 10.1 Å². The highest BCUT2D eigenvalue weighted by Crippen LogP contribution is 2.28. The minimum Gasteiger partial charge on any atom is -0.508 e. The van der Waals surface area contributed by atoms with Crippen LogP contribution in [0.15, 0.2) is 78.4 Å². The van der Waals surface area contributed by atoms with E-state index in [1.165, 1.54) is 0 Å². The Kier molecular flexibility index (Phi) is 7.88. The summed E-state index contributed by atoms with van der Waals surface area (Å²) < 4.78 is 6.25. The lowest BCUT2D eigenvalue weighted by molar-refractivity contribution is 0.102. The fraction of sp³-hybridized carbons (Fsp3) is 0.300. The van der Waals surface area contributed by atoms with Crippen molar-refractivity contribution in [3.63, 3.8) is 0 Å². The van der Waals surface area contributed by atoms with Crippen LogP contribution >= 0.6 is 0 Å². The quantitative estimate of drug-likeness (QED) is 0.398. The molecule has 2 N–H and O–H groups in total. The number of nitrogens with one attached hydrogen (secondary N) is 1. The summed E-state index contributed by atoms with van der Waals surface area (Å²) in [4.78, 5) is 15.3. The average molecular weight is 471 g/mol. The smallest absolute Gasteiger partial charge is 0.255 e. The van der Waals surface area contributed by atoms with Gasteiger partial charge in [0.1, 0.15) is 17.6 Å². The van der Waals surface area contributed by atoms with Crippen LogP contribution in [-0.2, 0) is 6.42 Å². The summed E-state index contributed by atoms with van der Waals surface area (Å²) in [5, 5.41) is 13.1. The SMILES string of the molecule is CC(C)=CCc1cc(C(=O)Nc2cccc(-c3cccc(OC4CCN(C)CC4)c3)c2)ccc1O. The Morgan fingerprint density at radius 1 is 1.03 bits per heavy atom. The summed E-state index contributed by atoms with van der Waals surface area (Å²) in [7, 11) is 2.15. The van der Waals surface area contributed by atoms with E-state index in [9.17, 15) is 9.90 Å². The molecule has 1 saturated heterocycles. The molecular weight excluding hydrogens is 436 g/mol. The molecule has 3 aromatic rings. The van der Waals surface area contributed by atoms with Crippen molar-refractivity contribution in [3.8, 4) is 22.6 Å². The zero-order valence-corrected chi connectivity index (χ0v) is 20.8. The van der Waals surface area contributed by atoms with E-state index in [2.05, 4.69) is 29.4 Å². The van der Waals surface area contributed by atoms with Gasteiger partial charge in [0.25, 0.3) is 5.91 Å². The van der Waals surface area contributed by atoms with E-state index in [0.29, 0.717) is 17.7 Å². The highest BCUT2D eigenvalue weighted by Gasteiger charge is 2.18. The lowest BCUT2D eigenvalue weighted by Gasteiger charge is -2.29. The predicted octanol–water partition coefficient (Wildman–Crippen LogP) is 6.29. The molecule has 0 aliphatic carbocycles. The predicted molar refractivity (Wildman–Crippen MR) is 142 cm³/mol. The van der Waals surface area contributed by atoms with Gasteiger partial charge in [-0.05, 0) is 99.3 Å². The van der Waals surface area contributed by atoms with Crippen LogP contribution in [0, 0.1) is 0 Å². The highest BCUT2D eigenvalue weighted by atomic mass is 16.5. The number of carbonyl (C=O) groups excluding carboxylic acids is 1. The third-order valence-corrected chi connectivity index (χ3v) is 6.33. The fourth-order valence-electron chi connectivity index (χ4n) is 4.23. The van der Waals surface area contributed by atoms with Gasteiger partial charge in [-0.1, -0.05) is 35.9 Å². The largest absolute Gasteiger partial charge is 0.508 e. The maximum atomic E-state index is 12.9. The molecule has 1 fully saturated rings. The highest BCUT2D eigenvalue weighted by molar-refractivity contribution is 6.04. The molecule has 4 rings (SSSR count). The number of phenols is 1. The third kappa shape index (κ3) is 6.74. The molecule has 5 heteroatoms. The summed E-state index contributed by atoms with van der Waals surface area (Å²) in [6, 6.07) is 20.9. The molecule has 0 saturated carbocycles. The van der Waals surface area contributed by atoms with E-state index < -0.39 is 0 Å². The number of likely N-dealkylation sites (tertiary alicyclic amines) is 1. The number of nitrogens with zero attached hydrogens (tertiary/aromatic N) is 1. The van der Waals surface area contributed by atoms with E-state index in [1.54, 1.807) is 18.2 Å². The van der Waals surface area contributed by atoms with Crippen molar-refractivity contribution in [1.82, 2.24) is 4.90 Å². The molecule has 35 heavy (non-hydrogen) atoms. The second kappa shape index (κ2) is 11.2. The normalized spacial score (nSPS) is 14.4. The first kappa shape index (κ1) is 24.6. The van der Waals surface area contributed by atoms with Crippen molar-refractivity contribution < 1.29 is 14.6 Å². The molecular formula is C30H34N2O3. The number of hydrogen-bond acceptors (Lipinski definition) is 4. The molecule has 1 aliphatic rings. The van der Waals surface area contributed by atoms with Crippen LogP contribution in [-0.4, -0.2) is 42.2 Å². The fourth-order valence-corrected chi connectivity index (χ4v) is 4.23. The molecule has 0 aromatic heterocycles. The van der Waals surface area contributed by atoms with E-state index in [0.717, 1.165) is 53.9 Å². The first-order valence-corrected chi connectivity index (χ1v) is 12.2. The van der Waals surface area contributed by atoms with Gasteiger partial charge in [0.2, 0.25) is 0 Å². The van der Waals surface area contributed by atoms with Gasteiger partial charge in [-0.2, -0.15) is 0 Å². The van der Waals surface area contributed by atoms with Gasteiger partial charge in [-0.25, -0.2) is 0 Å². The second-order valence-electron chi connectivity index (χ2n) is 9.51. The van der Waals surface area contributed by atoms with Gasteiger partial charge in [0.05, 0.1) is 0 Å². The van der Waals surface area contributed by atoms with Crippen LogP contribution in [0.25, 0.3) is 11.1 Å². The molecule has 0 bridgehead atoms. The monoisotopic (exact) mass is 470 g/mol. The Labute approximate surface area is 208 Å². The lowest BCUT2D eigenvalue weighted by Crippen LogP contribution is -2.35. The molecule has 5 nitrogen and oxygen atoms in total. The van der Waals surface area contributed by atoms with E-state index in [4.69, 9.17) is 4.74 Å². The first-order valence-electron chi connectivity index (χ1n) is 12.2. The number of carbonyl (C=O) groups is 1. The van der Waals surface area contributed by atoms with Crippen molar-refractivity contribution in [2.75, 3.05) is 25.5 Å². The van der Waals surface area contributed by atoms with Gasteiger partial charge in [0, 0.05) is 24.3 Å². The Bertz CT molecular complexity index is 1210. The van der Waals surface area contributed by atoms with Crippen LogP contribution in [0.2, 0.25) is 0 Å². The van der Waals surface area contributed by atoms with Crippen molar-refractivity contribution in [2.24, 2.45) is 0 Å². The number of anilines is 1. The van der Waals surface area contributed by atoms with Gasteiger partial charge < -0.3 is 20.1 Å². The molecule has 1 heterocycles. The first-order chi connectivity index (χ1) is 16.9. The maximum Gasteiger partial charge on any atom is 0.255 e. The van der Waals surface area contributed by atoms with E-state index in [-0.39, 0.29) is 17.8 Å². The number of phenolic OH excluding ortho intramolecular Hbond substituents is 1. The number of rotatable bonds is 7. The van der Waals surface area contributed by atoms with Crippen LogP contribution in [0.4, 0.5) is 5.69 Å². The van der Waals surface area contributed by atoms with E-state index in [1.807, 2.05) is 56.3 Å². The molecule has 0 radical (unpaired) electrons. The van der Waals surface area contributed by atoms with Crippen molar-refractivity contribution in [3.05, 3.63) is 89.5 Å². The topological polar surface area (TPSA) is 61.8 Å². The average Bonchev–Trinajstić information content (AvgIpc) is 2.85. The summed E-state index contributed by atoms with van der Waals surface area (Å²) in [5.41, 5.74) is 5.17. The summed E-state index contributed by atoms with van der Waals surface area (Å²) in [6.07, 6.45) is 4.94. The molecule has 0 spiro atoms. The number of allylic oxidation sites excluding steroid dienone is 2. The van der Waals surface area contributed by atoms with Gasteiger partial charge in [-0.15, -0.1) is 0 Å². The number of aromatic hydroxyl groups is 1. The molecule has 0 unspecified atom stereocenters. The van der Waals surface area contributed by atoms with Crippen molar-refractivity contribution in [1.29, 1.82) is 0 Å². The number of hydrogen-bond donors (Lipinski definition) is 2. The number of benzene rings is 3. The number of amides is 1. The van der Waals surface area contributed by atoms with Gasteiger partial charge in [0.15, 0.2) is 0 Å². The zero-order valence-electron chi connectivity index (χ0n) is 20.8. The van der Waals surface area contributed by atoms with Crippen LogP contribution in [0.5, 0.6) is 11.5 Å². The Hall–Kier alpha value is -3.57. The number of ether oxygens (including phenoxy) is 1. The molecule has 1 aliphatic heterocycles. The lowest BCUT2D eigenvalue weighted by atomic mass is 10.0. The number of piperidine rings is 1. The molecule has 1 amide bonds. The van der Waals surface area contributed by atoms with Crippen molar-refractivity contribution >= 4 is 11.6 Å². The summed E-state index contributed by atoms with van der Waals surface area (Å²) in [5.74, 6) is 0.864. The molecule has 3 aromatic carbocycles. The summed E-state index contributed by atoms with van der Waals surface area (Å²) in [6.45, 7) is 6.14. The van der Waals surface area contributed by atoms with Gasteiger partial charge >= 0.3 is 0 Å². The molecule has 0 atom stereocenters. The van der Waals surface area contributed by atoms with Crippen molar-refractivity contribution in [2.45, 2.75) is 39.2 Å². The Morgan fingerprint density at radius 2 is 1.74 bits per heavy atom. The van der Waals surface area contributed by atoms with Crippen LogP contribution in [0.1, 0.15) is 42.6 Å². The molecule has 182 valence electrons. The zero-order chi connectivity index (χ0) is 24.8. The standard InChI is InChI=1S/C30H34N2O3/c1-21(2)10-11-24-18-25(12-13-29(24)33)30(34)31-26-8-4-6-22(19-26)23-7-5-9-28(20-23)35-27-14-16-32(3)17-15-27/h4-10,12-13,18-20,27,33H,11,14-17H2,1-3H3,(H,31,34). The maximum absolute atomic E-state index is 12.9. The minimum atomic E-state index is -0.208. The third-order valence-electron chi connectivity index (χ3n) is 6.33. The van der Waals surface area contributed by atoms with E-state index >= 15 is 0 Å². The second-order valence-corrected chi connectivity index (χ2v) is 9.51. The summed E-state index contributed by atoms with van der Waals surface area (Å²) >= 11 is 0.